The van der Waals surface area contributed by atoms with E-state index in [1.807, 2.05) is 50.3 Å². The number of aromatic nitrogens is 2. The average molecular weight is 229 g/mol. The fourth-order valence-corrected chi connectivity index (χ4v) is 1.64. The Morgan fingerprint density at radius 2 is 2.12 bits per heavy atom. The minimum atomic E-state index is -0.0544. The van der Waals surface area contributed by atoms with Crippen LogP contribution in [0, 0.1) is 0 Å². The highest BCUT2D eigenvalue weighted by Crippen LogP contribution is 2.15. The molecule has 88 valence electrons. The third-order valence-electron chi connectivity index (χ3n) is 2.65. The first-order chi connectivity index (χ1) is 8.09. The molecule has 0 radical (unpaired) electrons. The maximum Gasteiger partial charge on any atom is 0.228 e. The molecule has 0 fully saturated rings. The molecule has 4 nitrogen and oxygen atoms in total. The van der Waals surface area contributed by atoms with Crippen LogP contribution in [0.1, 0.15) is 16.2 Å². The Balaban J connectivity index is 2.38. The summed E-state index contributed by atoms with van der Waals surface area (Å²) in [5, 5.41) is 0. The van der Waals surface area contributed by atoms with Crippen LogP contribution in [0.15, 0.2) is 36.7 Å². The molecule has 0 amide bonds. The molecule has 0 aliphatic heterocycles. The number of anilines is 1. The number of rotatable bonds is 3. The van der Waals surface area contributed by atoms with Gasteiger partial charge in [0.1, 0.15) is 0 Å². The fraction of sp³-hybridized carbons (Fsp3) is 0.231. The van der Waals surface area contributed by atoms with Crippen LogP contribution < -0.4 is 4.90 Å². The van der Waals surface area contributed by atoms with Crippen molar-refractivity contribution in [2.75, 3.05) is 19.0 Å². The number of ketones is 1. The number of benzene rings is 1. The van der Waals surface area contributed by atoms with Gasteiger partial charge in [0, 0.05) is 44.8 Å². The first-order valence-corrected chi connectivity index (χ1v) is 5.39. The van der Waals surface area contributed by atoms with Crippen molar-refractivity contribution in [3.63, 3.8) is 0 Å². The molecule has 0 saturated carbocycles. The number of nitrogens with zero attached hydrogens (tertiary/aromatic N) is 3. The van der Waals surface area contributed by atoms with Crippen LogP contribution in [-0.2, 0) is 7.05 Å². The second kappa shape index (κ2) is 4.41. The number of carbonyl (C=O) groups is 1. The summed E-state index contributed by atoms with van der Waals surface area (Å²) in [5.74, 6) is 0.405. The lowest BCUT2D eigenvalue weighted by atomic mass is 10.1. The molecule has 0 aliphatic rings. The molecule has 1 aromatic heterocycles. The van der Waals surface area contributed by atoms with Gasteiger partial charge >= 0.3 is 0 Å². The van der Waals surface area contributed by atoms with Gasteiger partial charge in [0.25, 0.3) is 0 Å². The van der Waals surface area contributed by atoms with Crippen molar-refractivity contribution in [1.29, 1.82) is 0 Å². The van der Waals surface area contributed by atoms with Crippen LogP contribution in [0.3, 0.4) is 0 Å². The summed E-state index contributed by atoms with van der Waals surface area (Å²) in [4.78, 5) is 18.2. The van der Waals surface area contributed by atoms with Crippen molar-refractivity contribution in [2.24, 2.45) is 7.05 Å². The number of carbonyl (C=O) groups excluding carboxylic acids is 1. The Labute approximate surface area is 101 Å². The van der Waals surface area contributed by atoms with E-state index in [0.29, 0.717) is 11.4 Å². The molecule has 0 atom stereocenters. The van der Waals surface area contributed by atoms with Gasteiger partial charge in [-0.1, -0.05) is 12.1 Å². The van der Waals surface area contributed by atoms with Gasteiger partial charge in [-0.25, -0.2) is 4.98 Å². The summed E-state index contributed by atoms with van der Waals surface area (Å²) in [6.45, 7) is 0. The van der Waals surface area contributed by atoms with Gasteiger partial charge in [-0.15, -0.1) is 0 Å². The SMILES string of the molecule is CN(C)c1cccc(C(=O)c2nccn2C)c1. The number of hydrogen-bond acceptors (Lipinski definition) is 3. The standard InChI is InChI=1S/C13H15N3O/c1-15(2)11-6-4-5-10(9-11)12(17)13-14-7-8-16(13)3/h4-9H,1-3H3. The van der Waals surface area contributed by atoms with Crippen LogP contribution >= 0.6 is 0 Å². The average Bonchev–Trinajstić information content (AvgIpc) is 2.74. The monoisotopic (exact) mass is 229 g/mol. The van der Waals surface area contributed by atoms with E-state index in [4.69, 9.17) is 0 Å². The number of aryl methyl sites for hydroxylation is 1. The van der Waals surface area contributed by atoms with Crippen LogP contribution in [0.2, 0.25) is 0 Å². The number of hydrogen-bond donors (Lipinski definition) is 0. The van der Waals surface area contributed by atoms with Crippen molar-refractivity contribution in [1.82, 2.24) is 9.55 Å². The zero-order valence-electron chi connectivity index (χ0n) is 10.2. The van der Waals surface area contributed by atoms with Crippen molar-refractivity contribution in [3.8, 4) is 0 Å². The van der Waals surface area contributed by atoms with Gasteiger partial charge < -0.3 is 9.47 Å². The fourth-order valence-electron chi connectivity index (χ4n) is 1.64. The molecule has 1 aromatic carbocycles. The predicted molar refractivity (Wildman–Crippen MR) is 67.4 cm³/mol. The van der Waals surface area contributed by atoms with Gasteiger partial charge in [-0.2, -0.15) is 0 Å². The topological polar surface area (TPSA) is 38.1 Å². The Hall–Kier alpha value is -2.10. The van der Waals surface area contributed by atoms with E-state index < -0.39 is 0 Å². The predicted octanol–water partition coefficient (Wildman–Crippen LogP) is 1.72. The number of imidazole rings is 1. The minimum Gasteiger partial charge on any atom is -0.378 e. The molecule has 0 bridgehead atoms. The second-order valence-corrected chi connectivity index (χ2v) is 4.14. The highest BCUT2D eigenvalue weighted by Gasteiger charge is 2.13. The third-order valence-corrected chi connectivity index (χ3v) is 2.65. The molecular formula is C13H15N3O. The van der Waals surface area contributed by atoms with Crippen molar-refractivity contribution in [3.05, 3.63) is 48.0 Å². The summed E-state index contributed by atoms with van der Waals surface area (Å²) in [7, 11) is 5.71. The van der Waals surface area contributed by atoms with Crippen molar-refractivity contribution in [2.45, 2.75) is 0 Å². The summed E-state index contributed by atoms with van der Waals surface area (Å²) in [6, 6.07) is 7.53. The van der Waals surface area contributed by atoms with Gasteiger partial charge in [0.15, 0.2) is 5.82 Å². The molecular weight excluding hydrogens is 214 g/mol. The molecule has 0 N–H and O–H groups in total. The maximum atomic E-state index is 12.2. The highest BCUT2D eigenvalue weighted by atomic mass is 16.1. The van der Waals surface area contributed by atoms with Crippen LogP contribution in [0.5, 0.6) is 0 Å². The summed E-state index contributed by atoms with van der Waals surface area (Å²) >= 11 is 0. The molecule has 2 rings (SSSR count). The van der Waals surface area contributed by atoms with Crippen LogP contribution in [-0.4, -0.2) is 29.4 Å². The van der Waals surface area contributed by atoms with Crippen LogP contribution in [0.4, 0.5) is 5.69 Å². The van der Waals surface area contributed by atoms with Crippen molar-refractivity contribution >= 4 is 11.5 Å². The first kappa shape index (κ1) is 11.4. The second-order valence-electron chi connectivity index (χ2n) is 4.14. The lowest BCUT2D eigenvalue weighted by Crippen LogP contribution is -2.12. The summed E-state index contributed by atoms with van der Waals surface area (Å²) in [6.07, 6.45) is 3.39. The lowest BCUT2D eigenvalue weighted by molar-refractivity contribution is 0.102. The first-order valence-electron chi connectivity index (χ1n) is 5.39. The lowest BCUT2D eigenvalue weighted by Gasteiger charge is -2.13. The Kier molecular flexibility index (Phi) is 2.95. The van der Waals surface area contributed by atoms with E-state index in [-0.39, 0.29) is 5.78 Å². The van der Waals surface area contributed by atoms with Gasteiger partial charge in [-0.05, 0) is 12.1 Å². The normalized spacial score (nSPS) is 10.3. The van der Waals surface area contributed by atoms with E-state index in [1.165, 1.54) is 0 Å². The molecule has 0 spiro atoms. The Bertz CT molecular complexity index is 543. The smallest absolute Gasteiger partial charge is 0.228 e. The van der Waals surface area contributed by atoms with E-state index >= 15 is 0 Å². The van der Waals surface area contributed by atoms with E-state index in [9.17, 15) is 4.79 Å². The zero-order chi connectivity index (χ0) is 12.4. The third kappa shape index (κ3) is 2.20. The molecule has 0 saturated heterocycles. The molecule has 1 heterocycles. The quantitative estimate of drug-likeness (QED) is 0.752. The van der Waals surface area contributed by atoms with E-state index in [0.717, 1.165) is 5.69 Å². The van der Waals surface area contributed by atoms with E-state index in [2.05, 4.69) is 4.98 Å². The summed E-state index contributed by atoms with van der Waals surface area (Å²) in [5.41, 5.74) is 1.66. The van der Waals surface area contributed by atoms with Gasteiger partial charge in [0.2, 0.25) is 5.78 Å². The molecule has 17 heavy (non-hydrogen) atoms. The minimum absolute atomic E-state index is 0.0544. The Morgan fingerprint density at radius 1 is 1.35 bits per heavy atom. The molecule has 4 heteroatoms. The van der Waals surface area contributed by atoms with Gasteiger partial charge in [-0.3, -0.25) is 4.79 Å². The largest absolute Gasteiger partial charge is 0.378 e. The maximum absolute atomic E-state index is 12.2. The molecule has 2 aromatic rings. The summed E-state index contributed by atoms with van der Waals surface area (Å²) < 4.78 is 1.73. The van der Waals surface area contributed by atoms with E-state index in [1.54, 1.807) is 17.0 Å². The Morgan fingerprint density at radius 3 is 2.71 bits per heavy atom. The van der Waals surface area contributed by atoms with Crippen molar-refractivity contribution < 1.29 is 4.79 Å². The molecule has 0 unspecified atom stereocenters. The van der Waals surface area contributed by atoms with Crippen LogP contribution in [0.25, 0.3) is 0 Å². The highest BCUT2D eigenvalue weighted by molar-refractivity contribution is 6.07. The van der Waals surface area contributed by atoms with Gasteiger partial charge in [0.05, 0.1) is 0 Å². The molecule has 0 aliphatic carbocycles. The zero-order valence-corrected chi connectivity index (χ0v) is 10.2.